The molecule has 0 saturated heterocycles. The molecule has 0 fully saturated rings. The number of hydrogen-bond acceptors (Lipinski definition) is 4. The van der Waals surface area contributed by atoms with Gasteiger partial charge in [0.2, 0.25) is 0 Å². The summed E-state index contributed by atoms with van der Waals surface area (Å²) in [6.45, 7) is 1.26. The Bertz CT molecular complexity index is 798. The van der Waals surface area contributed by atoms with Gasteiger partial charge in [-0.25, -0.2) is 0 Å². The monoisotopic (exact) mass is 294 g/mol. The highest BCUT2D eigenvalue weighted by Crippen LogP contribution is 2.17. The van der Waals surface area contributed by atoms with E-state index < -0.39 is 37.0 Å². The topological polar surface area (TPSA) is 50.7 Å². The molecule has 0 spiro atoms. The second kappa shape index (κ2) is 8.17. The van der Waals surface area contributed by atoms with Crippen LogP contribution < -0.4 is 14.8 Å². The largest absolute Gasteiger partial charge is 0.508 e. The fourth-order valence-electron chi connectivity index (χ4n) is 1.68. The molecule has 0 aliphatic heterocycles. The van der Waals surface area contributed by atoms with E-state index in [4.69, 9.17) is 14.3 Å². The van der Waals surface area contributed by atoms with Crippen molar-refractivity contribution in [2.45, 2.75) is 13.0 Å². The first-order valence-electron chi connectivity index (χ1n) is 10.0. The third-order valence-corrected chi connectivity index (χ3v) is 2.67. The van der Waals surface area contributed by atoms with E-state index in [1.54, 1.807) is 18.2 Å². The number of hydrogen-bond donors (Lipinski definition) is 2. The van der Waals surface area contributed by atoms with Crippen molar-refractivity contribution in [2.24, 2.45) is 0 Å². The molecule has 0 aliphatic rings. The Morgan fingerprint density at radius 2 is 2.05 bits per heavy atom. The zero-order valence-electron chi connectivity index (χ0n) is 18.4. The van der Waals surface area contributed by atoms with E-state index in [1.807, 2.05) is 6.07 Å². The van der Waals surface area contributed by atoms with Crippen molar-refractivity contribution >= 4 is 0 Å². The maximum Gasteiger partial charge on any atom is 0.119 e. The van der Waals surface area contributed by atoms with Crippen LogP contribution in [-0.2, 0) is 6.54 Å². The molecule has 2 aromatic carbocycles. The molecule has 0 atom stereocenters. The van der Waals surface area contributed by atoms with Crippen LogP contribution in [0.15, 0.2) is 48.4 Å². The second-order valence-electron chi connectivity index (χ2n) is 4.31. The van der Waals surface area contributed by atoms with Crippen LogP contribution in [0.5, 0.6) is 17.2 Å². The smallest absolute Gasteiger partial charge is 0.119 e. The van der Waals surface area contributed by atoms with Gasteiger partial charge in [-0.15, -0.1) is 0 Å². The molecule has 4 nitrogen and oxygen atoms in total. The van der Waals surface area contributed by atoms with E-state index in [0.29, 0.717) is 19.5 Å². The highest BCUT2D eigenvalue weighted by atomic mass is 16.5. The Morgan fingerprint density at radius 1 is 1.24 bits per heavy atom. The summed E-state index contributed by atoms with van der Waals surface area (Å²) in [4.78, 5) is 0. The molecule has 2 rings (SSSR count). The van der Waals surface area contributed by atoms with Crippen molar-refractivity contribution in [3.63, 3.8) is 0 Å². The number of nitrogens with one attached hydrogen (secondary N) is 1. The number of rotatable bonds is 8. The normalized spacial score (nSPS) is 15.7. The summed E-state index contributed by atoms with van der Waals surface area (Å²) in [6, 6.07) is 4.66. The van der Waals surface area contributed by atoms with Gasteiger partial charge in [0.1, 0.15) is 17.2 Å². The van der Waals surface area contributed by atoms with Crippen molar-refractivity contribution in [3.8, 4) is 17.2 Å². The molecule has 0 bridgehead atoms. The lowest BCUT2D eigenvalue weighted by Crippen LogP contribution is -2.16. The van der Waals surface area contributed by atoms with Gasteiger partial charge in [0.25, 0.3) is 0 Å². The Hall–Kier alpha value is -2.20. The van der Waals surface area contributed by atoms with Crippen LogP contribution in [0.25, 0.3) is 0 Å². The molecule has 0 aliphatic carbocycles. The molecule has 0 radical (unpaired) electrons. The van der Waals surface area contributed by atoms with Crippen LogP contribution in [-0.4, -0.2) is 25.3 Å². The quantitative estimate of drug-likeness (QED) is 0.735. The molecule has 112 valence electrons. The van der Waals surface area contributed by atoms with Crippen molar-refractivity contribution in [2.75, 3.05) is 20.2 Å². The molecule has 0 heterocycles. The summed E-state index contributed by atoms with van der Waals surface area (Å²) in [5, 5.41) is 12.6. The number of aromatic hydroxyl groups is 1. The second-order valence-corrected chi connectivity index (χ2v) is 4.31. The zero-order valence-corrected chi connectivity index (χ0v) is 11.4. The lowest BCUT2D eigenvalue weighted by Gasteiger charge is -2.08. The van der Waals surface area contributed by atoms with Gasteiger partial charge in [-0.3, -0.25) is 0 Å². The van der Waals surface area contributed by atoms with Gasteiger partial charge in [-0.2, -0.15) is 0 Å². The van der Waals surface area contributed by atoms with Crippen LogP contribution >= 0.6 is 0 Å². The molecule has 2 aromatic rings. The summed E-state index contributed by atoms with van der Waals surface area (Å²) in [5.74, 6) is -0.687. The van der Waals surface area contributed by atoms with Crippen LogP contribution in [0, 0.1) is 0 Å². The fraction of sp³-hybridized carbons (Fsp3) is 0.294. The van der Waals surface area contributed by atoms with Gasteiger partial charge in [0, 0.05) is 6.54 Å². The molecule has 0 aromatic heterocycles. The first-order chi connectivity index (χ1) is 13.1. The van der Waals surface area contributed by atoms with Gasteiger partial charge in [0.05, 0.1) is 23.2 Å². The average Bonchev–Trinajstić information content (AvgIpc) is 2.61. The Morgan fingerprint density at radius 3 is 2.81 bits per heavy atom. The summed E-state index contributed by atoms with van der Waals surface area (Å²) >= 11 is 0. The third kappa shape index (κ3) is 5.36. The molecule has 21 heavy (non-hydrogen) atoms. The highest BCUT2D eigenvalue weighted by molar-refractivity contribution is 5.31. The van der Waals surface area contributed by atoms with E-state index in [0.717, 1.165) is 5.56 Å². The fourth-order valence-corrected chi connectivity index (χ4v) is 1.68. The summed E-state index contributed by atoms with van der Waals surface area (Å²) in [5.41, 5.74) is 0.922. The summed E-state index contributed by atoms with van der Waals surface area (Å²) in [7, 11) is -2.88. The number of methoxy groups -OCH3 is 1. The maximum absolute atomic E-state index is 9.40. The highest BCUT2D eigenvalue weighted by Gasteiger charge is 1.96. The molecule has 4 heteroatoms. The van der Waals surface area contributed by atoms with Crippen LogP contribution in [0.4, 0.5) is 0 Å². The van der Waals surface area contributed by atoms with Crippen LogP contribution in [0.3, 0.4) is 0 Å². The molecular weight excluding hydrogens is 266 g/mol. The molecule has 0 saturated carbocycles. The van der Waals surface area contributed by atoms with Crippen LogP contribution in [0.1, 0.15) is 21.6 Å². The molecule has 2 N–H and O–H groups in total. The first-order valence-corrected chi connectivity index (χ1v) is 6.51. The molecular formula is C17H21NO3. The summed E-state index contributed by atoms with van der Waals surface area (Å²) in [6.07, 6.45) is 0.534. The van der Waals surface area contributed by atoms with Gasteiger partial charge in [-0.1, -0.05) is 12.1 Å². The minimum absolute atomic E-state index is 0.142. The molecule has 0 amide bonds. The minimum atomic E-state index is -2.88. The van der Waals surface area contributed by atoms with E-state index in [2.05, 4.69) is 10.1 Å². The third-order valence-electron chi connectivity index (χ3n) is 2.67. The Balaban J connectivity index is 1.92. The molecule has 0 unspecified atom stereocenters. The first kappa shape index (κ1) is 8.29. The number of ether oxygens (including phenoxy) is 2. The van der Waals surface area contributed by atoms with Crippen molar-refractivity contribution in [3.05, 3.63) is 54.0 Å². The number of phenolic OH excluding ortho intramolecular Hbond substituents is 1. The van der Waals surface area contributed by atoms with Gasteiger partial charge in [-0.05, 0) is 54.8 Å². The lowest BCUT2D eigenvalue weighted by atomic mass is 10.2. The predicted octanol–water partition coefficient (Wildman–Crippen LogP) is 2.96. The van der Waals surface area contributed by atoms with Gasteiger partial charge in [0.15, 0.2) is 0 Å². The minimum Gasteiger partial charge on any atom is -0.508 e. The lowest BCUT2D eigenvalue weighted by molar-refractivity contribution is 0.307. The Kier molecular flexibility index (Phi) is 3.23. The van der Waals surface area contributed by atoms with Crippen LogP contribution in [0.2, 0.25) is 0 Å². The van der Waals surface area contributed by atoms with Crippen molar-refractivity contribution in [1.29, 1.82) is 0 Å². The van der Waals surface area contributed by atoms with E-state index in [-0.39, 0.29) is 18.1 Å². The van der Waals surface area contributed by atoms with Crippen molar-refractivity contribution < 1.29 is 24.2 Å². The van der Waals surface area contributed by atoms with E-state index in [1.165, 1.54) is 0 Å². The Labute approximate surface area is 135 Å². The predicted molar refractivity (Wildman–Crippen MR) is 82.9 cm³/mol. The van der Waals surface area contributed by atoms with Gasteiger partial charge < -0.3 is 19.9 Å². The number of phenols is 1. The SMILES string of the molecule is [2H]c1c([2H])c(OC([2H])([2H])[2H])c([2H])c([2H])c1OCCCNCc1cccc(O)c1. The maximum atomic E-state index is 9.40. The zero-order chi connectivity index (χ0) is 20.9. The standard InChI is InChI=1S/C17H21NO3/c1-20-16-6-8-17(9-7-16)21-11-3-10-18-13-14-4-2-5-15(19)12-14/h2,4-9,12,18-19H,3,10-11,13H2,1H3/i1D3,6D,7D,8D,9D. The van der Waals surface area contributed by atoms with E-state index in [9.17, 15) is 5.11 Å². The van der Waals surface area contributed by atoms with Gasteiger partial charge >= 0.3 is 0 Å². The number of benzene rings is 2. The van der Waals surface area contributed by atoms with E-state index >= 15 is 0 Å². The average molecular weight is 294 g/mol. The van der Waals surface area contributed by atoms with Crippen molar-refractivity contribution in [1.82, 2.24) is 5.32 Å². The summed E-state index contributed by atoms with van der Waals surface area (Å²) < 4.78 is 62.7.